The molecule has 0 radical (unpaired) electrons. The maximum absolute atomic E-state index is 11.6. The van der Waals surface area contributed by atoms with Gasteiger partial charge >= 0.3 is 0 Å². The largest absolute Gasteiger partial charge is 0.353 e. The lowest BCUT2D eigenvalue weighted by Gasteiger charge is -2.12. The Morgan fingerprint density at radius 1 is 1.53 bits per heavy atom. The van der Waals surface area contributed by atoms with Crippen LogP contribution in [0.2, 0.25) is 0 Å². The lowest BCUT2D eigenvalue weighted by atomic mass is 10.2. The van der Waals surface area contributed by atoms with Crippen LogP contribution in [0.4, 0.5) is 0 Å². The van der Waals surface area contributed by atoms with Gasteiger partial charge < -0.3 is 10.6 Å². The zero-order valence-corrected chi connectivity index (χ0v) is 11.7. The molecule has 2 N–H and O–H groups in total. The Hall–Kier alpha value is -0.870. The maximum atomic E-state index is 11.6. The summed E-state index contributed by atoms with van der Waals surface area (Å²) in [5.41, 5.74) is 1.29. The van der Waals surface area contributed by atoms with Gasteiger partial charge in [0.1, 0.15) is 0 Å². The summed E-state index contributed by atoms with van der Waals surface area (Å²) in [5, 5.41) is 8.23. The summed E-state index contributed by atoms with van der Waals surface area (Å²) in [6.45, 7) is 7.44. The molecule has 1 amide bonds. The molecule has 0 saturated heterocycles. The van der Waals surface area contributed by atoms with Crippen LogP contribution in [0.1, 0.15) is 37.1 Å². The molecule has 0 saturated carbocycles. The van der Waals surface area contributed by atoms with E-state index in [0.717, 1.165) is 19.4 Å². The van der Waals surface area contributed by atoms with Crippen molar-refractivity contribution in [1.82, 2.24) is 10.6 Å². The molecule has 1 rings (SSSR count). The van der Waals surface area contributed by atoms with Gasteiger partial charge in [-0.05, 0) is 37.3 Å². The highest BCUT2D eigenvalue weighted by molar-refractivity contribution is 7.10. The van der Waals surface area contributed by atoms with Gasteiger partial charge in [-0.1, -0.05) is 13.3 Å². The van der Waals surface area contributed by atoms with Gasteiger partial charge in [0.05, 0.1) is 6.54 Å². The lowest BCUT2D eigenvalue weighted by Crippen LogP contribution is -2.38. The summed E-state index contributed by atoms with van der Waals surface area (Å²) in [5.74, 6) is 0.0835. The predicted molar refractivity (Wildman–Crippen MR) is 73.3 cm³/mol. The molecule has 0 aromatic carbocycles. The van der Waals surface area contributed by atoms with Gasteiger partial charge in [-0.25, -0.2) is 0 Å². The van der Waals surface area contributed by atoms with Crippen molar-refractivity contribution in [2.24, 2.45) is 0 Å². The highest BCUT2D eigenvalue weighted by Gasteiger charge is 2.06. The van der Waals surface area contributed by atoms with Crippen molar-refractivity contribution < 1.29 is 4.79 Å². The summed E-state index contributed by atoms with van der Waals surface area (Å²) in [4.78, 5) is 12.9. The fraction of sp³-hybridized carbons (Fsp3) is 0.615. The molecule has 3 nitrogen and oxygen atoms in total. The molecule has 96 valence electrons. The van der Waals surface area contributed by atoms with Crippen LogP contribution >= 0.6 is 11.3 Å². The number of amides is 1. The van der Waals surface area contributed by atoms with Gasteiger partial charge in [0.15, 0.2) is 0 Å². The number of aryl methyl sites for hydroxylation is 1. The Bertz CT molecular complexity index is 349. The minimum atomic E-state index is 0.0835. The van der Waals surface area contributed by atoms with E-state index in [1.54, 1.807) is 11.3 Å². The van der Waals surface area contributed by atoms with Crippen molar-refractivity contribution in [3.8, 4) is 0 Å². The molecule has 0 bridgehead atoms. The number of hydrogen-bond acceptors (Lipinski definition) is 3. The highest BCUT2D eigenvalue weighted by atomic mass is 32.1. The third-order valence-electron chi connectivity index (χ3n) is 2.67. The van der Waals surface area contributed by atoms with E-state index in [0.29, 0.717) is 6.54 Å². The minimum Gasteiger partial charge on any atom is -0.353 e. The average molecular weight is 254 g/mol. The van der Waals surface area contributed by atoms with E-state index in [2.05, 4.69) is 35.9 Å². The molecule has 0 aliphatic heterocycles. The van der Waals surface area contributed by atoms with E-state index in [-0.39, 0.29) is 11.9 Å². The summed E-state index contributed by atoms with van der Waals surface area (Å²) < 4.78 is 0. The average Bonchev–Trinajstić information content (AvgIpc) is 2.64. The van der Waals surface area contributed by atoms with Gasteiger partial charge in [0, 0.05) is 17.5 Å². The Kier molecular flexibility index (Phi) is 6.22. The van der Waals surface area contributed by atoms with Crippen molar-refractivity contribution in [3.63, 3.8) is 0 Å². The lowest BCUT2D eigenvalue weighted by molar-refractivity contribution is -0.120. The quantitative estimate of drug-likeness (QED) is 0.785. The van der Waals surface area contributed by atoms with Gasteiger partial charge in [0.2, 0.25) is 5.91 Å². The minimum absolute atomic E-state index is 0.0835. The van der Waals surface area contributed by atoms with Crippen molar-refractivity contribution in [3.05, 3.63) is 21.9 Å². The molecule has 0 fully saturated rings. The number of hydrogen-bond donors (Lipinski definition) is 2. The Morgan fingerprint density at radius 3 is 2.88 bits per heavy atom. The second-order valence-corrected chi connectivity index (χ2v) is 5.39. The molecule has 0 spiro atoms. The van der Waals surface area contributed by atoms with Crippen LogP contribution in [0.15, 0.2) is 11.4 Å². The van der Waals surface area contributed by atoms with Crippen LogP contribution in [0.25, 0.3) is 0 Å². The second kappa shape index (κ2) is 7.45. The molecule has 0 aliphatic rings. The van der Waals surface area contributed by atoms with E-state index in [4.69, 9.17) is 0 Å². The van der Waals surface area contributed by atoms with Crippen molar-refractivity contribution in [2.75, 3.05) is 6.54 Å². The second-order valence-electron chi connectivity index (χ2n) is 4.39. The SMILES string of the molecule is CCCC(C)NC(=O)CNCc1sccc1C. The molecular weight excluding hydrogens is 232 g/mol. The summed E-state index contributed by atoms with van der Waals surface area (Å²) in [7, 11) is 0. The molecule has 0 aliphatic carbocycles. The molecule has 1 heterocycles. The zero-order chi connectivity index (χ0) is 12.7. The van der Waals surface area contributed by atoms with Crippen LogP contribution in [0, 0.1) is 6.92 Å². The first-order valence-corrected chi connectivity index (χ1v) is 7.04. The zero-order valence-electron chi connectivity index (χ0n) is 10.9. The van der Waals surface area contributed by atoms with Crippen LogP contribution in [-0.4, -0.2) is 18.5 Å². The first kappa shape index (κ1) is 14.2. The van der Waals surface area contributed by atoms with Crippen LogP contribution < -0.4 is 10.6 Å². The topological polar surface area (TPSA) is 41.1 Å². The fourth-order valence-corrected chi connectivity index (χ4v) is 2.58. The van der Waals surface area contributed by atoms with E-state index in [9.17, 15) is 4.79 Å². The molecule has 1 aromatic heterocycles. The van der Waals surface area contributed by atoms with Gasteiger partial charge in [-0.15, -0.1) is 11.3 Å². The molecule has 1 unspecified atom stereocenters. The Balaban J connectivity index is 2.18. The van der Waals surface area contributed by atoms with Crippen molar-refractivity contribution in [2.45, 2.75) is 46.2 Å². The Labute approximate surface area is 108 Å². The van der Waals surface area contributed by atoms with Crippen molar-refractivity contribution in [1.29, 1.82) is 0 Å². The standard InChI is InChI=1S/C13H22N2OS/c1-4-5-11(3)15-13(16)9-14-8-12-10(2)6-7-17-12/h6-7,11,14H,4-5,8-9H2,1-3H3,(H,15,16). The number of carbonyl (C=O) groups excluding carboxylic acids is 1. The van der Waals surface area contributed by atoms with Gasteiger partial charge in [-0.3, -0.25) is 4.79 Å². The number of rotatable bonds is 7. The third kappa shape index (κ3) is 5.33. The summed E-state index contributed by atoms with van der Waals surface area (Å²) in [6, 6.07) is 2.38. The van der Waals surface area contributed by atoms with E-state index in [1.165, 1.54) is 10.4 Å². The smallest absolute Gasteiger partial charge is 0.234 e. The molecule has 1 aromatic rings. The number of carbonyl (C=O) groups is 1. The first-order valence-electron chi connectivity index (χ1n) is 6.16. The Morgan fingerprint density at radius 2 is 2.29 bits per heavy atom. The predicted octanol–water partition coefficient (Wildman–Crippen LogP) is 2.45. The van der Waals surface area contributed by atoms with E-state index >= 15 is 0 Å². The molecule has 1 atom stereocenters. The van der Waals surface area contributed by atoms with Crippen LogP contribution in [0.3, 0.4) is 0 Å². The van der Waals surface area contributed by atoms with Crippen LogP contribution in [0.5, 0.6) is 0 Å². The van der Waals surface area contributed by atoms with Crippen molar-refractivity contribution >= 4 is 17.2 Å². The molecular formula is C13H22N2OS. The fourth-order valence-electron chi connectivity index (χ4n) is 1.71. The molecule has 17 heavy (non-hydrogen) atoms. The van der Waals surface area contributed by atoms with E-state index < -0.39 is 0 Å². The maximum Gasteiger partial charge on any atom is 0.234 e. The van der Waals surface area contributed by atoms with Crippen LogP contribution in [-0.2, 0) is 11.3 Å². The van der Waals surface area contributed by atoms with Gasteiger partial charge in [0.25, 0.3) is 0 Å². The summed E-state index contributed by atoms with van der Waals surface area (Å²) in [6.07, 6.45) is 2.14. The molecule has 4 heteroatoms. The number of thiophene rings is 1. The normalized spacial score (nSPS) is 12.4. The number of nitrogens with one attached hydrogen (secondary N) is 2. The monoisotopic (exact) mass is 254 g/mol. The first-order chi connectivity index (χ1) is 8.13. The highest BCUT2D eigenvalue weighted by Crippen LogP contribution is 2.14. The van der Waals surface area contributed by atoms with Gasteiger partial charge in [-0.2, -0.15) is 0 Å². The van der Waals surface area contributed by atoms with E-state index in [1.807, 2.05) is 6.92 Å². The summed E-state index contributed by atoms with van der Waals surface area (Å²) >= 11 is 1.73. The third-order valence-corrected chi connectivity index (χ3v) is 3.69.